The summed E-state index contributed by atoms with van der Waals surface area (Å²) in [6.45, 7) is 1.79. The minimum Gasteiger partial charge on any atom is -0.445 e. The molecule has 2 nitrogen and oxygen atoms in total. The highest BCUT2D eigenvalue weighted by Crippen LogP contribution is 1.79. The van der Waals surface area contributed by atoms with E-state index in [1.165, 1.54) is 6.42 Å². The smallest absolute Gasteiger partial charge is 0.445 e. The van der Waals surface area contributed by atoms with Crippen LogP contribution in [0.3, 0.4) is 0 Å². The van der Waals surface area contributed by atoms with Crippen LogP contribution in [0.4, 0.5) is 0 Å². The SMILES string of the molecule is CC[CH+]C(=O)O. The minimum atomic E-state index is -0.836. The summed E-state index contributed by atoms with van der Waals surface area (Å²) in [5.41, 5.74) is 0. The molecular weight excluding hydrogens is 80.0 g/mol. The van der Waals surface area contributed by atoms with Crippen molar-refractivity contribution in [2.75, 3.05) is 0 Å². The van der Waals surface area contributed by atoms with Gasteiger partial charge in [0, 0.05) is 0 Å². The zero-order valence-corrected chi connectivity index (χ0v) is 3.64. The highest BCUT2D eigenvalue weighted by molar-refractivity contribution is 5.76. The average molecular weight is 87.1 g/mol. The largest absolute Gasteiger partial charge is 0.493 e. The Hall–Kier alpha value is -0.660. The first-order valence-corrected chi connectivity index (χ1v) is 1.83. The second-order valence-electron chi connectivity index (χ2n) is 0.951. The first-order valence-electron chi connectivity index (χ1n) is 1.83. The molecule has 0 aromatic heterocycles. The van der Waals surface area contributed by atoms with Gasteiger partial charge in [-0.15, -0.1) is 0 Å². The van der Waals surface area contributed by atoms with Gasteiger partial charge in [-0.05, 0) is 6.92 Å². The van der Waals surface area contributed by atoms with Gasteiger partial charge < -0.3 is 5.11 Å². The summed E-state index contributed by atoms with van der Waals surface area (Å²) in [7, 11) is 0. The van der Waals surface area contributed by atoms with Crippen molar-refractivity contribution in [3.63, 3.8) is 0 Å². The van der Waals surface area contributed by atoms with Crippen LogP contribution in [0, 0.1) is 6.42 Å². The van der Waals surface area contributed by atoms with Crippen molar-refractivity contribution >= 4 is 5.97 Å². The third-order valence-corrected chi connectivity index (χ3v) is 0.379. The Morgan fingerprint density at radius 3 is 2.50 bits per heavy atom. The van der Waals surface area contributed by atoms with Gasteiger partial charge in [0.2, 0.25) is 0 Å². The Morgan fingerprint density at radius 2 is 2.50 bits per heavy atom. The molecule has 0 heterocycles. The molecule has 0 aromatic carbocycles. The van der Waals surface area contributed by atoms with Crippen LogP contribution >= 0.6 is 0 Å². The van der Waals surface area contributed by atoms with Gasteiger partial charge in [-0.1, -0.05) is 0 Å². The predicted molar refractivity (Wildman–Crippen MR) is 22.2 cm³/mol. The van der Waals surface area contributed by atoms with Crippen molar-refractivity contribution in [1.29, 1.82) is 0 Å². The molecule has 0 aromatic rings. The van der Waals surface area contributed by atoms with E-state index in [9.17, 15) is 4.79 Å². The lowest BCUT2D eigenvalue weighted by atomic mass is 10.4. The number of rotatable bonds is 2. The molecule has 1 N–H and O–H groups in total. The van der Waals surface area contributed by atoms with Crippen LogP contribution < -0.4 is 0 Å². The van der Waals surface area contributed by atoms with Gasteiger partial charge in [0.05, 0.1) is 6.42 Å². The minimum absolute atomic E-state index is 0.606. The molecule has 0 atom stereocenters. The Balaban J connectivity index is 2.83. The van der Waals surface area contributed by atoms with E-state index < -0.39 is 5.97 Å². The van der Waals surface area contributed by atoms with Crippen LogP contribution in [0.2, 0.25) is 0 Å². The maximum absolute atomic E-state index is 9.54. The number of carboxylic acids is 1. The van der Waals surface area contributed by atoms with Gasteiger partial charge in [-0.3, -0.25) is 0 Å². The Bertz CT molecular complexity index is 49.5. The highest BCUT2D eigenvalue weighted by Gasteiger charge is 2.02. The van der Waals surface area contributed by atoms with Crippen molar-refractivity contribution in [1.82, 2.24) is 0 Å². The Labute approximate surface area is 36.8 Å². The molecule has 0 unspecified atom stereocenters. The normalized spacial score (nSPS) is 7.50. The molecule has 0 spiro atoms. The zero-order valence-electron chi connectivity index (χ0n) is 3.64. The first kappa shape index (κ1) is 5.34. The summed E-state index contributed by atoms with van der Waals surface area (Å²) in [5, 5.41) is 7.86. The van der Waals surface area contributed by atoms with Gasteiger partial charge in [0.25, 0.3) is 0 Å². The van der Waals surface area contributed by atoms with Crippen LogP contribution in [0.5, 0.6) is 0 Å². The highest BCUT2D eigenvalue weighted by atomic mass is 16.4. The standard InChI is InChI=1S/C4H6O2/c1-2-3-4(5)6/h3H,2H2,1H3/p+1. The monoisotopic (exact) mass is 87.0 g/mol. The van der Waals surface area contributed by atoms with Crippen molar-refractivity contribution < 1.29 is 9.90 Å². The van der Waals surface area contributed by atoms with Gasteiger partial charge in [-0.25, -0.2) is 0 Å². The van der Waals surface area contributed by atoms with Crippen LogP contribution in [0.15, 0.2) is 0 Å². The predicted octanol–water partition coefficient (Wildman–Crippen LogP) is 0.685. The number of aliphatic carboxylic acids is 1. The summed E-state index contributed by atoms with van der Waals surface area (Å²) in [5.74, 6) is -0.836. The van der Waals surface area contributed by atoms with E-state index in [2.05, 4.69) is 0 Å². The molecule has 0 saturated carbocycles. The molecule has 0 aliphatic rings. The lowest BCUT2D eigenvalue weighted by Crippen LogP contribution is -1.91. The molecule has 34 valence electrons. The molecule has 0 aliphatic carbocycles. The maximum atomic E-state index is 9.54. The molecule has 6 heavy (non-hydrogen) atoms. The summed E-state index contributed by atoms with van der Waals surface area (Å²) in [6.07, 6.45) is 1.81. The van der Waals surface area contributed by atoms with E-state index in [-0.39, 0.29) is 0 Å². The third kappa shape index (κ3) is 3.34. The van der Waals surface area contributed by atoms with Crippen molar-refractivity contribution in [2.45, 2.75) is 13.3 Å². The Kier molecular flexibility index (Phi) is 2.29. The first-order chi connectivity index (χ1) is 2.77. The fourth-order valence-corrected chi connectivity index (χ4v) is 0.175. The molecule has 0 saturated heterocycles. The maximum Gasteiger partial charge on any atom is 0.493 e. The van der Waals surface area contributed by atoms with Gasteiger partial charge in [-0.2, -0.15) is 4.79 Å². The van der Waals surface area contributed by atoms with Crippen LogP contribution in [-0.4, -0.2) is 11.1 Å². The summed E-state index contributed by atoms with van der Waals surface area (Å²) in [4.78, 5) is 9.54. The topological polar surface area (TPSA) is 37.3 Å². The van der Waals surface area contributed by atoms with E-state index in [4.69, 9.17) is 5.11 Å². The lowest BCUT2D eigenvalue weighted by Gasteiger charge is -1.67. The lowest BCUT2D eigenvalue weighted by molar-refractivity contribution is -0.133. The number of hydrogen-bond acceptors (Lipinski definition) is 1. The van der Waals surface area contributed by atoms with Crippen LogP contribution in [0.1, 0.15) is 13.3 Å². The fourth-order valence-electron chi connectivity index (χ4n) is 0.175. The molecule has 0 radical (unpaired) electrons. The van der Waals surface area contributed by atoms with Gasteiger partial charge in [0.1, 0.15) is 0 Å². The van der Waals surface area contributed by atoms with Crippen molar-refractivity contribution in [3.8, 4) is 0 Å². The zero-order chi connectivity index (χ0) is 4.99. The third-order valence-electron chi connectivity index (χ3n) is 0.379. The molecule has 0 bridgehead atoms. The second kappa shape index (κ2) is 2.57. The second-order valence-corrected chi connectivity index (χ2v) is 0.951. The van der Waals surface area contributed by atoms with Crippen LogP contribution in [0.25, 0.3) is 0 Å². The van der Waals surface area contributed by atoms with Gasteiger partial charge in [0.15, 0.2) is 6.42 Å². The molecule has 0 aliphatic heterocycles. The quantitative estimate of drug-likeness (QED) is 0.503. The fraction of sp³-hybridized carbons (Fsp3) is 0.500. The number of carboxylic acid groups (broad SMARTS) is 1. The molecule has 2 heteroatoms. The number of carbonyl (C=O) groups is 1. The summed E-state index contributed by atoms with van der Waals surface area (Å²) in [6, 6.07) is 0. The average Bonchev–Trinajstić information content (AvgIpc) is 1.35. The van der Waals surface area contributed by atoms with E-state index in [1.54, 1.807) is 6.92 Å². The summed E-state index contributed by atoms with van der Waals surface area (Å²) < 4.78 is 0. The molecule has 0 rings (SSSR count). The van der Waals surface area contributed by atoms with Crippen molar-refractivity contribution in [2.24, 2.45) is 0 Å². The van der Waals surface area contributed by atoms with E-state index >= 15 is 0 Å². The van der Waals surface area contributed by atoms with Gasteiger partial charge >= 0.3 is 5.97 Å². The van der Waals surface area contributed by atoms with E-state index in [1.807, 2.05) is 0 Å². The van der Waals surface area contributed by atoms with Crippen molar-refractivity contribution in [3.05, 3.63) is 6.42 Å². The Morgan fingerprint density at radius 1 is 2.00 bits per heavy atom. The van der Waals surface area contributed by atoms with E-state index in [0.29, 0.717) is 6.42 Å². The molecule has 0 fully saturated rings. The molecular formula is C4H7O2+. The van der Waals surface area contributed by atoms with E-state index in [0.717, 1.165) is 0 Å². The number of hydrogen-bond donors (Lipinski definition) is 1. The van der Waals surface area contributed by atoms with Crippen LogP contribution in [-0.2, 0) is 4.79 Å². The molecule has 0 amide bonds. The summed E-state index contributed by atoms with van der Waals surface area (Å²) >= 11 is 0.